The fourth-order valence-electron chi connectivity index (χ4n) is 4.71. The number of hydrogen-bond donors (Lipinski definition) is 2. The first-order valence-corrected chi connectivity index (χ1v) is 13.0. The van der Waals surface area contributed by atoms with Crippen LogP contribution in [0.2, 0.25) is 5.02 Å². The van der Waals surface area contributed by atoms with Crippen LogP contribution in [-0.4, -0.2) is 17.8 Å². The van der Waals surface area contributed by atoms with Gasteiger partial charge in [0.2, 0.25) is 0 Å². The highest BCUT2D eigenvalue weighted by Crippen LogP contribution is 2.44. The molecule has 1 amide bonds. The molecule has 0 aromatic heterocycles. The molecule has 0 saturated heterocycles. The van der Waals surface area contributed by atoms with Crippen molar-refractivity contribution in [3.05, 3.63) is 118 Å². The summed E-state index contributed by atoms with van der Waals surface area (Å²) in [6.45, 7) is 2.11. The SMILES string of the molecule is C[C@H](NC(=O)OCC1c2ccccc2-c2ccccc21)c1cccc(Cl)c1Sc1ccccc1CO. The maximum atomic E-state index is 12.9. The van der Waals surface area contributed by atoms with Crippen LogP contribution in [0.1, 0.15) is 41.1 Å². The standard InChI is InChI=1S/C30H26ClNO3S/c1-19(21-14-8-15-27(31)29(21)36-28-16-7-2-9-20(28)17-33)32-30(34)35-18-26-24-12-5-3-10-22(24)23-11-4-6-13-25(23)26/h2-16,19,26,33H,17-18H2,1H3,(H,32,34)/t19-/m0/s1. The van der Waals surface area contributed by atoms with Gasteiger partial charge in [-0.15, -0.1) is 0 Å². The number of halogens is 1. The second kappa shape index (κ2) is 10.8. The molecule has 0 fully saturated rings. The average molecular weight is 516 g/mol. The van der Waals surface area contributed by atoms with Gasteiger partial charge in [0.25, 0.3) is 0 Å². The molecule has 0 saturated carbocycles. The molecule has 5 rings (SSSR count). The predicted octanol–water partition coefficient (Wildman–Crippen LogP) is 7.58. The summed E-state index contributed by atoms with van der Waals surface area (Å²) in [7, 11) is 0. The van der Waals surface area contributed by atoms with E-state index in [2.05, 4.69) is 29.6 Å². The van der Waals surface area contributed by atoms with Crippen molar-refractivity contribution < 1.29 is 14.6 Å². The largest absolute Gasteiger partial charge is 0.449 e. The van der Waals surface area contributed by atoms with E-state index in [-0.39, 0.29) is 25.2 Å². The maximum Gasteiger partial charge on any atom is 0.407 e. The Morgan fingerprint density at radius 2 is 1.58 bits per heavy atom. The van der Waals surface area contributed by atoms with Crippen LogP contribution in [0.5, 0.6) is 0 Å². The van der Waals surface area contributed by atoms with Crippen LogP contribution in [0, 0.1) is 0 Å². The zero-order valence-electron chi connectivity index (χ0n) is 19.8. The van der Waals surface area contributed by atoms with Crippen molar-refractivity contribution in [2.75, 3.05) is 6.61 Å². The van der Waals surface area contributed by atoms with E-state index in [0.717, 1.165) is 20.9 Å². The van der Waals surface area contributed by atoms with Gasteiger partial charge in [-0.25, -0.2) is 4.79 Å². The van der Waals surface area contributed by atoms with Gasteiger partial charge in [-0.2, -0.15) is 0 Å². The lowest BCUT2D eigenvalue weighted by molar-refractivity contribution is 0.139. The van der Waals surface area contributed by atoms with Crippen LogP contribution in [0.3, 0.4) is 0 Å². The van der Waals surface area contributed by atoms with Crippen LogP contribution in [0.15, 0.2) is 101 Å². The van der Waals surface area contributed by atoms with Gasteiger partial charge < -0.3 is 15.2 Å². The highest BCUT2D eigenvalue weighted by atomic mass is 35.5. The van der Waals surface area contributed by atoms with E-state index < -0.39 is 6.09 Å². The minimum atomic E-state index is -0.476. The summed E-state index contributed by atoms with van der Waals surface area (Å²) in [5, 5.41) is 13.3. The lowest BCUT2D eigenvalue weighted by Gasteiger charge is -2.20. The summed E-state index contributed by atoms with van der Waals surface area (Å²) in [6.07, 6.45) is -0.476. The molecule has 36 heavy (non-hydrogen) atoms. The molecule has 0 unspecified atom stereocenters. The number of fused-ring (bicyclic) bond motifs is 3. The fraction of sp³-hybridized carbons (Fsp3) is 0.167. The monoisotopic (exact) mass is 515 g/mol. The molecule has 1 aliphatic carbocycles. The lowest BCUT2D eigenvalue weighted by atomic mass is 9.98. The molecule has 2 N–H and O–H groups in total. The average Bonchev–Trinajstić information content (AvgIpc) is 3.22. The Bertz CT molecular complexity index is 1360. The van der Waals surface area contributed by atoms with Gasteiger partial charge in [0.05, 0.1) is 17.7 Å². The number of nitrogens with one attached hydrogen (secondary N) is 1. The molecule has 0 spiro atoms. The van der Waals surface area contributed by atoms with Crippen molar-refractivity contribution in [2.24, 2.45) is 0 Å². The quantitative estimate of drug-likeness (QED) is 0.266. The minimum absolute atomic E-state index is 0.00530. The van der Waals surface area contributed by atoms with E-state index in [1.54, 1.807) is 0 Å². The molecule has 6 heteroatoms. The molecule has 4 nitrogen and oxygen atoms in total. The molecule has 0 radical (unpaired) electrons. The van der Waals surface area contributed by atoms with Crippen LogP contribution >= 0.6 is 23.4 Å². The summed E-state index contributed by atoms with van der Waals surface area (Å²) < 4.78 is 5.73. The summed E-state index contributed by atoms with van der Waals surface area (Å²) in [5.74, 6) is 0.00530. The van der Waals surface area contributed by atoms with Crippen molar-refractivity contribution in [3.63, 3.8) is 0 Å². The normalized spacial score (nSPS) is 13.1. The summed E-state index contributed by atoms with van der Waals surface area (Å²) in [6, 6.07) is 29.5. The van der Waals surface area contributed by atoms with Crippen molar-refractivity contribution in [1.29, 1.82) is 0 Å². The van der Waals surface area contributed by atoms with Crippen molar-refractivity contribution in [2.45, 2.75) is 35.3 Å². The number of alkyl carbamates (subject to hydrolysis) is 1. The number of carbonyl (C=O) groups excluding carboxylic acids is 1. The van der Waals surface area contributed by atoms with E-state index in [0.29, 0.717) is 5.02 Å². The Morgan fingerprint density at radius 1 is 0.944 bits per heavy atom. The minimum Gasteiger partial charge on any atom is -0.449 e. The number of benzene rings is 4. The van der Waals surface area contributed by atoms with E-state index >= 15 is 0 Å². The summed E-state index contributed by atoms with van der Waals surface area (Å²) >= 11 is 8.05. The zero-order valence-corrected chi connectivity index (χ0v) is 21.4. The summed E-state index contributed by atoms with van der Waals surface area (Å²) in [5.41, 5.74) is 6.45. The molecule has 4 aromatic carbocycles. The van der Waals surface area contributed by atoms with E-state index in [9.17, 15) is 9.90 Å². The third-order valence-electron chi connectivity index (χ3n) is 6.50. The van der Waals surface area contributed by atoms with Crippen molar-refractivity contribution in [3.8, 4) is 11.1 Å². The molecule has 182 valence electrons. The number of ether oxygens (including phenoxy) is 1. The molecule has 0 heterocycles. The van der Waals surface area contributed by atoms with E-state index in [4.69, 9.17) is 16.3 Å². The lowest BCUT2D eigenvalue weighted by Crippen LogP contribution is -2.29. The first-order chi connectivity index (χ1) is 17.6. The second-order valence-electron chi connectivity index (χ2n) is 8.72. The van der Waals surface area contributed by atoms with E-state index in [1.165, 1.54) is 34.0 Å². The van der Waals surface area contributed by atoms with Crippen LogP contribution in [0.4, 0.5) is 4.79 Å². The van der Waals surface area contributed by atoms with Gasteiger partial charge in [-0.1, -0.05) is 102 Å². The number of rotatable bonds is 7. The highest BCUT2D eigenvalue weighted by Gasteiger charge is 2.29. The van der Waals surface area contributed by atoms with Gasteiger partial charge >= 0.3 is 6.09 Å². The first kappa shape index (κ1) is 24.4. The predicted molar refractivity (Wildman–Crippen MR) is 145 cm³/mol. The molecule has 1 aliphatic rings. The molecule has 0 bridgehead atoms. The molecule has 1 atom stereocenters. The second-order valence-corrected chi connectivity index (χ2v) is 10.2. The van der Waals surface area contributed by atoms with Crippen molar-refractivity contribution in [1.82, 2.24) is 5.32 Å². The number of hydrogen-bond acceptors (Lipinski definition) is 4. The zero-order chi connectivity index (χ0) is 25.1. The van der Waals surface area contributed by atoms with Crippen molar-refractivity contribution >= 4 is 29.5 Å². The number of amides is 1. The van der Waals surface area contributed by atoms with Gasteiger partial charge in [0.15, 0.2) is 0 Å². The first-order valence-electron chi connectivity index (χ1n) is 11.8. The Hall–Kier alpha value is -3.25. The van der Waals surface area contributed by atoms with Gasteiger partial charge in [0, 0.05) is 15.7 Å². The van der Waals surface area contributed by atoms with Crippen LogP contribution < -0.4 is 5.32 Å². The third kappa shape index (κ3) is 4.87. The smallest absolute Gasteiger partial charge is 0.407 e. The maximum absolute atomic E-state index is 12.9. The fourth-order valence-corrected chi connectivity index (χ4v) is 6.17. The molecule has 4 aromatic rings. The van der Waals surface area contributed by atoms with Crippen LogP contribution in [-0.2, 0) is 11.3 Å². The number of aliphatic hydroxyl groups is 1. The highest BCUT2D eigenvalue weighted by molar-refractivity contribution is 7.99. The molecule has 0 aliphatic heterocycles. The van der Waals surface area contributed by atoms with E-state index in [1.807, 2.05) is 73.7 Å². The Kier molecular flexibility index (Phi) is 7.33. The van der Waals surface area contributed by atoms with Crippen LogP contribution in [0.25, 0.3) is 11.1 Å². The summed E-state index contributed by atoms with van der Waals surface area (Å²) in [4.78, 5) is 14.6. The number of aliphatic hydroxyl groups excluding tert-OH is 1. The number of carbonyl (C=O) groups is 1. The Morgan fingerprint density at radius 3 is 2.28 bits per heavy atom. The Balaban J connectivity index is 1.30. The van der Waals surface area contributed by atoms with Gasteiger partial charge in [0.1, 0.15) is 6.61 Å². The molecular formula is C30H26ClNO3S. The molecular weight excluding hydrogens is 490 g/mol. The van der Waals surface area contributed by atoms with Gasteiger partial charge in [-0.05, 0) is 52.4 Å². The topological polar surface area (TPSA) is 58.6 Å². The third-order valence-corrected chi connectivity index (χ3v) is 8.20. The van der Waals surface area contributed by atoms with Gasteiger partial charge in [-0.3, -0.25) is 0 Å². The Labute approximate surface area is 220 Å².